The molecular formula is C26H18O5. The zero-order valence-corrected chi connectivity index (χ0v) is 16.5. The molecule has 2 saturated heterocycles. The Kier molecular flexibility index (Phi) is 5.86. The summed E-state index contributed by atoms with van der Waals surface area (Å²) < 4.78 is 28.9. The van der Waals surface area contributed by atoms with Gasteiger partial charge in [0.05, 0.1) is 13.2 Å². The Balaban J connectivity index is 1.53. The summed E-state index contributed by atoms with van der Waals surface area (Å²) in [4.78, 5) is 0. The van der Waals surface area contributed by atoms with Gasteiger partial charge in [-0.2, -0.15) is 0 Å². The van der Waals surface area contributed by atoms with E-state index in [9.17, 15) is 0 Å². The van der Waals surface area contributed by atoms with Gasteiger partial charge >= 0.3 is 0 Å². The molecule has 2 heterocycles. The maximum absolute atomic E-state index is 6.10. The highest BCUT2D eigenvalue weighted by Gasteiger charge is 2.43. The third-order valence-corrected chi connectivity index (χ3v) is 4.58. The second kappa shape index (κ2) is 8.89. The van der Waals surface area contributed by atoms with Crippen LogP contribution in [-0.2, 0) is 14.2 Å². The van der Waals surface area contributed by atoms with Gasteiger partial charge < -0.3 is 18.9 Å². The summed E-state index contributed by atoms with van der Waals surface area (Å²) >= 11 is 0. The van der Waals surface area contributed by atoms with Crippen LogP contribution in [0.2, 0.25) is 0 Å². The van der Waals surface area contributed by atoms with E-state index in [0.717, 1.165) is 0 Å². The van der Waals surface area contributed by atoms with E-state index in [4.69, 9.17) is 49.4 Å². The molecule has 152 valence electrons. The molecule has 0 spiro atoms. The number of terminal acetylenes is 4. The van der Waals surface area contributed by atoms with Gasteiger partial charge in [0.25, 0.3) is 0 Å². The molecule has 2 aromatic rings. The van der Waals surface area contributed by atoms with Crippen LogP contribution in [0.4, 0.5) is 0 Å². The number of hydrogen-bond donors (Lipinski definition) is 0. The minimum Gasteiger partial charge on any atom is -0.462 e. The van der Waals surface area contributed by atoms with E-state index in [0.29, 0.717) is 47.0 Å². The molecule has 0 radical (unpaired) electrons. The van der Waals surface area contributed by atoms with E-state index < -0.39 is 12.6 Å². The molecule has 2 aliphatic heterocycles. The van der Waals surface area contributed by atoms with Crippen LogP contribution in [-0.4, -0.2) is 38.0 Å². The van der Waals surface area contributed by atoms with Gasteiger partial charge in [0.15, 0.2) is 0 Å². The normalized spacial score (nSPS) is 20.1. The first kappa shape index (κ1) is 20.4. The number of epoxide rings is 2. The molecule has 0 amide bonds. The largest absolute Gasteiger partial charge is 0.462 e. The van der Waals surface area contributed by atoms with Crippen molar-refractivity contribution in [3.8, 4) is 60.9 Å². The van der Waals surface area contributed by atoms with Crippen LogP contribution in [0.15, 0.2) is 36.4 Å². The van der Waals surface area contributed by atoms with Gasteiger partial charge in [-0.1, -0.05) is 23.7 Å². The Morgan fingerprint density at radius 3 is 1.23 bits per heavy atom. The summed E-state index contributed by atoms with van der Waals surface area (Å²) in [5.41, 5.74) is 2.42. The third-order valence-electron chi connectivity index (χ3n) is 4.58. The summed E-state index contributed by atoms with van der Waals surface area (Å²) in [6.45, 7) is 0.987. The Morgan fingerprint density at radius 2 is 0.968 bits per heavy atom. The molecule has 0 aliphatic carbocycles. The molecule has 2 aliphatic rings. The van der Waals surface area contributed by atoms with Crippen molar-refractivity contribution in [1.82, 2.24) is 0 Å². The van der Waals surface area contributed by atoms with Gasteiger partial charge in [0.2, 0.25) is 12.6 Å². The Hall–Kier alpha value is -3.84. The molecular weight excluding hydrogens is 392 g/mol. The quantitative estimate of drug-likeness (QED) is 0.380. The molecule has 0 saturated carbocycles. The lowest BCUT2D eigenvalue weighted by Crippen LogP contribution is -2.37. The molecule has 2 fully saturated rings. The van der Waals surface area contributed by atoms with Crippen LogP contribution < -0.4 is 9.47 Å². The number of benzene rings is 2. The second-order valence-electron chi connectivity index (χ2n) is 6.92. The summed E-state index contributed by atoms with van der Waals surface area (Å²) in [5.74, 6) is 11.2. The lowest BCUT2D eigenvalue weighted by molar-refractivity contribution is -0.198. The molecule has 4 atom stereocenters. The number of rotatable bonds is 8. The van der Waals surface area contributed by atoms with Crippen molar-refractivity contribution in [1.29, 1.82) is 0 Å². The van der Waals surface area contributed by atoms with E-state index in [-0.39, 0.29) is 12.2 Å². The highest BCUT2D eigenvalue weighted by molar-refractivity contribution is 5.48. The van der Waals surface area contributed by atoms with Gasteiger partial charge in [-0.05, 0) is 36.4 Å². The van der Waals surface area contributed by atoms with Gasteiger partial charge in [0, 0.05) is 22.3 Å². The molecule has 31 heavy (non-hydrogen) atoms. The Labute approximate surface area is 181 Å². The Morgan fingerprint density at radius 1 is 0.645 bits per heavy atom. The van der Waals surface area contributed by atoms with Crippen LogP contribution in [0.3, 0.4) is 0 Å². The smallest absolute Gasteiger partial charge is 0.232 e. The topological polar surface area (TPSA) is 52.8 Å². The fourth-order valence-electron chi connectivity index (χ4n) is 2.88. The zero-order chi connectivity index (χ0) is 21.8. The highest BCUT2D eigenvalue weighted by Crippen LogP contribution is 2.29. The molecule has 5 heteroatoms. The molecule has 0 N–H and O–H groups in total. The average Bonchev–Trinajstić information content (AvgIpc) is 3.70. The lowest BCUT2D eigenvalue weighted by Gasteiger charge is -2.24. The fraction of sp³-hybridized carbons (Fsp3) is 0.231. The van der Waals surface area contributed by atoms with Crippen LogP contribution in [0, 0.1) is 49.4 Å². The fourth-order valence-corrected chi connectivity index (χ4v) is 2.88. The van der Waals surface area contributed by atoms with Gasteiger partial charge in [-0.15, -0.1) is 25.7 Å². The van der Waals surface area contributed by atoms with Gasteiger partial charge in [-0.25, -0.2) is 0 Å². The van der Waals surface area contributed by atoms with Crippen LogP contribution >= 0.6 is 0 Å². The van der Waals surface area contributed by atoms with Gasteiger partial charge in [-0.3, -0.25) is 4.74 Å². The summed E-state index contributed by atoms with van der Waals surface area (Å²) in [6, 6.07) is 10.3. The molecule has 2 aromatic carbocycles. The molecule has 0 aromatic heterocycles. The highest BCUT2D eigenvalue weighted by atomic mass is 16.8. The Bertz CT molecular complexity index is 990. The van der Waals surface area contributed by atoms with Gasteiger partial charge in [0.1, 0.15) is 23.7 Å². The summed E-state index contributed by atoms with van der Waals surface area (Å²) in [6.07, 6.45) is 20.0. The zero-order valence-electron chi connectivity index (χ0n) is 16.5. The third kappa shape index (κ3) is 5.21. The van der Waals surface area contributed by atoms with Crippen molar-refractivity contribution in [3.63, 3.8) is 0 Å². The maximum atomic E-state index is 6.10. The molecule has 4 rings (SSSR count). The molecule has 4 unspecified atom stereocenters. The first-order valence-corrected chi connectivity index (χ1v) is 9.50. The first-order chi connectivity index (χ1) is 15.1. The number of ether oxygens (including phenoxy) is 5. The average molecular weight is 410 g/mol. The minimum atomic E-state index is -0.754. The summed E-state index contributed by atoms with van der Waals surface area (Å²) in [5, 5.41) is 0. The number of hydrogen-bond acceptors (Lipinski definition) is 5. The predicted octanol–water partition coefficient (Wildman–Crippen LogP) is 2.54. The SMILES string of the molecule is C#Cc1cc(C#C)cc(OC(OC(Oc2cc(C#C)cc(C#C)c2)C2CO2)C2CO2)c1. The van der Waals surface area contributed by atoms with E-state index in [1.807, 2.05) is 0 Å². The van der Waals surface area contributed by atoms with Crippen LogP contribution in [0.25, 0.3) is 0 Å². The van der Waals surface area contributed by atoms with Crippen molar-refractivity contribution in [3.05, 3.63) is 58.7 Å². The van der Waals surface area contributed by atoms with Crippen molar-refractivity contribution >= 4 is 0 Å². The molecule has 5 nitrogen and oxygen atoms in total. The second-order valence-corrected chi connectivity index (χ2v) is 6.92. The first-order valence-electron chi connectivity index (χ1n) is 9.50. The summed E-state index contributed by atoms with van der Waals surface area (Å²) in [7, 11) is 0. The molecule has 0 bridgehead atoms. The van der Waals surface area contributed by atoms with E-state index in [1.165, 1.54) is 0 Å². The van der Waals surface area contributed by atoms with E-state index in [1.54, 1.807) is 36.4 Å². The standard InChI is InChI=1S/C26H18O5/c1-5-17-9-18(6-2)12-21(11-17)29-25(23-15-27-23)31-26(24-16-28-24)30-22-13-19(7-3)10-20(8-4)14-22/h1-4,9-14,23-26H,15-16H2. The minimum absolute atomic E-state index is 0.257. The van der Waals surface area contributed by atoms with Crippen LogP contribution in [0.1, 0.15) is 22.3 Å². The van der Waals surface area contributed by atoms with E-state index >= 15 is 0 Å². The van der Waals surface area contributed by atoms with Crippen molar-refractivity contribution in [2.75, 3.05) is 13.2 Å². The lowest BCUT2D eigenvalue weighted by atomic mass is 10.1. The predicted molar refractivity (Wildman–Crippen MR) is 114 cm³/mol. The monoisotopic (exact) mass is 410 g/mol. The van der Waals surface area contributed by atoms with Crippen molar-refractivity contribution < 1.29 is 23.7 Å². The maximum Gasteiger partial charge on any atom is 0.232 e. The van der Waals surface area contributed by atoms with Crippen LogP contribution in [0.5, 0.6) is 11.5 Å². The van der Waals surface area contributed by atoms with E-state index in [2.05, 4.69) is 23.7 Å². The van der Waals surface area contributed by atoms with Crippen molar-refractivity contribution in [2.24, 2.45) is 0 Å². The van der Waals surface area contributed by atoms with Crippen molar-refractivity contribution in [2.45, 2.75) is 24.8 Å².